The molecule has 9 aromatic rings. The lowest BCUT2D eigenvalue weighted by molar-refractivity contribution is 0.669. The molecule has 220 valence electrons. The Morgan fingerprint density at radius 1 is 0.234 bits per heavy atom. The van der Waals surface area contributed by atoms with Crippen LogP contribution in [0.25, 0.3) is 88.3 Å². The minimum atomic E-state index is 0.905. The molecule has 47 heavy (non-hydrogen) atoms. The quantitative estimate of drug-likeness (QED) is 0.192. The van der Waals surface area contributed by atoms with E-state index in [1.54, 1.807) is 0 Å². The number of benzene rings is 8. The van der Waals surface area contributed by atoms with Crippen molar-refractivity contribution in [3.8, 4) is 55.6 Å². The van der Waals surface area contributed by atoms with Crippen LogP contribution in [0.4, 0.5) is 0 Å². The first-order chi connectivity index (χ1) is 23.2. The van der Waals surface area contributed by atoms with Crippen molar-refractivity contribution in [2.24, 2.45) is 0 Å². The second kappa shape index (κ2) is 11.3. The number of fused-ring (bicyclic) bond motifs is 4. The van der Waals surface area contributed by atoms with E-state index in [-0.39, 0.29) is 0 Å². The van der Waals surface area contributed by atoms with Gasteiger partial charge in [-0.25, -0.2) is 0 Å². The number of hydrogen-bond acceptors (Lipinski definition) is 1. The first kappa shape index (κ1) is 27.2. The lowest BCUT2D eigenvalue weighted by atomic mass is 9.91. The molecule has 0 spiro atoms. The molecule has 1 aromatic heterocycles. The Labute approximate surface area is 274 Å². The van der Waals surface area contributed by atoms with E-state index in [9.17, 15) is 0 Å². The zero-order valence-electron chi connectivity index (χ0n) is 25.7. The summed E-state index contributed by atoms with van der Waals surface area (Å²) in [7, 11) is 0. The van der Waals surface area contributed by atoms with E-state index < -0.39 is 0 Å². The average molecular weight is 599 g/mol. The van der Waals surface area contributed by atoms with Crippen LogP contribution >= 0.6 is 0 Å². The van der Waals surface area contributed by atoms with Crippen LogP contribution in [0.15, 0.2) is 186 Å². The van der Waals surface area contributed by atoms with E-state index in [4.69, 9.17) is 4.42 Å². The van der Waals surface area contributed by atoms with Gasteiger partial charge in [-0.05, 0) is 109 Å². The molecule has 0 fully saturated rings. The Morgan fingerprint density at radius 2 is 0.681 bits per heavy atom. The molecule has 1 nitrogen and oxygen atoms in total. The van der Waals surface area contributed by atoms with Crippen molar-refractivity contribution >= 4 is 32.7 Å². The molecule has 0 radical (unpaired) electrons. The summed E-state index contributed by atoms with van der Waals surface area (Å²) in [6, 6.07) is 65.4. The molecular weight excluding hydrogens is 569 g/mol. The normalized spacial score (nSPS) is 11.4. The molecule has 0 saturated carbocycles. The van der Waals surface area contributed by atoms with Crippen molar-refractivity contribution in [1.82, 2.24) is 0 Å². The first-order valence-electron chi connectivity index (χ1n) is 16.1. The second-order valence-electron chi connectivity index (χ2n) is 12.2. The van der Waals surface area contributed by atoms with Gasteiger partial charge in [0.05, 0.1) is 0 Å². The molecule has 0 unspecified atom stereocenters. The highest BCUT2D eigenvalue weighted by Gasteiger charge is 2.12. The van der Waals surface area contributed by atoms with Crippen molar-refractivity contribution in [2.45, 2.75) is 0 Å². The van der Waals surface area contributed by atoms with E-state index in [2.05, 4.69) is 170 Å². The molecule has 0 atom stereocenters. The van der Waals surface area contributed by atoms with Crippen molar-refractivity contribution in [3.63, 3.8) is 0 Å². The molecule has 0 amide bonds. The number of hydrogen-bond donors (Lipinski definition) is 0. The monoisotopic (exact) mass is 598 g/mol. The Balaban J connectivity index is 1.14. The maximum Gasteiger partial charge on any atom is 0.136 e. The van der Waals surface area contributed by atoms with Gasteiger partial charge < -0.3 is 4.42 Å². The molecule has 0 aliphatic rings. The standard InChI is InChI=1S/C46H30O/c1-2-8-31(9-3-1)33-14-18-35(19-15-33)40-27-41(36-20-16-34(17-21-36)38-23-22-32-10-4-5-11-37(32)26-38)29-42(28-40)39-24-25-44-43-12-6-7-13-45(43)47-46(44)30-39/h1-30H. The van der Waals surface area contributed by atoms with Gasteiger partial charge in [-0.3, -0.25) is 0 Å². The van der Waals surface area contributed by atoms with E-state index in [1.165, 1.54) is 55.3 Å². The summed E-state index contributed by atoms with van der Waals surface area (Å²) < 4.78 is 6.28. The molecule has 0 bridgehead atoms. The summed E-state index contributed by atoms with van der Waals surface area (Å²) in [4.78, 5) is 0. The minimum absolute atomic E-state index is 0.905. The molecular formula is C46H30O. The molecule has 0 N–H and O–H groups in total. The topological polar surface area (TPSA) is 13.1 Å². The largest absolute Gasteiger partial charge is 0.456 e. The van der Waals surface area contributed by atoms with Crippen molar-refractivity contribution in [2.75, 3.05) is 0 Å². The van der Waals surface area contributed by atoms with E-state index in [0.29, 0.717) is 0 Å². The molecule has 8 aromatic carbocycles. The van der Waals surface area contributed by atoms with Crippen LogP contribution in [0.2, 0.25) is 0 Å². The maximum atomic E-state index is 6.28. The van der Waals surface area contributed by atoms with E-state index >= 15 is 0 Å². The van der Waals surface area contributed by atoms with Crippen LogP contribution in [0.1, 0.15) is 0 Å². The van der Waals surface area contributed by atoms with Crippen molar-refractivity contribution < 1.29 is 4.42 Å². The van der Waals surface area contributed by atoms with Gasteiger partial charge in [0.15, 0.2) is 0 Å². The minimum Gasteiger partial charge on any atom is -0.456 e. The van der Waals surface area contributed by atoms with Gasteiger partial charge in [-0.1, -0.05) is 140 Å². The Bertz CT molecular complexity index is 2540. The SMILES string of the molecule is c1ccc(-c2ccc(-c3cc(-c4ccc(-c5ccc6ccccc6c5)cc4)cc(-c4ccc5c(c4)oc4ccccc45)c3)cc2)cc1. The average Bonchev–Trinajstić information content (AvgIpc) is 3.53. The summed E-state index contributed by atoms with van der Waals surface area (Å²) in [6.45, 7) is 0. The summed E-state index contributed by atoms with van der Waals surface area (Å²) in [5.74, 6) is 0. The van der Waals surface area contributed by atoms with Crippen LogP contribution in [0, 0.1) is 0 Å². The Kier molecular flexibility index (Phi) is 6.54. The third-order valence-electron chi connectivity index (χ3n) is 9.27. The smallest absolute Gasteiger partial charge is 0.136 e. The fourth-order valence-corrected chi connectivity index (χ4v) is 6.74. The summed E-state index contributed by atoms with van der Waals surface area (Å²) in [6.07, 6.45) is 0. The summed E-state index contributed by atoms with van der Waals surface area (Å²) >= 11 is 0. The molecule has 1 heterocycles. The highest BCUT2D eigenvalue weighted by Crippen LogP contribution is 2.37. The number of furan rings is 1. The van der Waals surface area contributed by atoms with Gasteiger partial charge in [-0.2, -0.15) is 0 Å². The number of rotatable bonds is 5. The third-order valence-corrected chi connectivity index (χ3v) is 9.27. The van der Waals surface area contributed by atoms with Crippen LogP contribution in [0.5, 0.6) is 0 Å². The third kappa shape index (κ3) is 5.09. The predicted molar refractivity (Wildman–Crippen MR) is 198 cm³/mol. The maximum absolute atomic E-state index is 6.28. The van der Waals surface area contributed by atoms with Crippen molar-refractivity contribution in [1.29, 1.82) is 0 Å². The van der Waals surface area contributed by atoms with Gasteiger partial charge in [0, 0.05) is 10.8 Å². The van der Waals surface area contributed by atoms with Crippen LogP contribution in [-0.4, -0.2) is 0 Å². The highest BCUT2D eigenvalue weighted by atomic mass is 16.3. The fraction of sp³-hybridized carbons (Fsp3) is 0. The first-order valence-corrected chi connectivity index (χ1v) is 16.1. The van der Waals surface area contributed by atoms with Crippen LogP contribution in [-0.2, 0) is 0 Å². The molecule has 1 heteroatoms. The summed E-state index contributed by atoms with van der Waals surface area (Å²) in [5, 5.41) is 4.80. The second-order valence-corrected chi connectivity index (χ2v) is 12.2. The molecule has 0 aliphatic carbocycles. The zero-order valence-corrected chi connectivity index (χ0v) is 25.7. The van der Waals surface area contributed by atoms with Gasteiger partial charge >= 0.3 is 0 Å². The molecule has 9 rings (SSSR count). The van der Waals surface area contributed by atoms with E-state index in [0.717, 1.165) is 33.1 Å². The Hall–Kier alpha value is -6.18. The lowest BCUT2D eigenvalue weighted by Crippen LogP contribution is -1.87. The van der Waals surface area contributed by atoms with Gasteiger partial charge in [0.2, 0.25) is 0 Å². The van der Waals surface area contributed by atoms with Gasteiger partial charge in [-0.15, -0.1) is 0 Å². The van der Waals surface area contributed by atoms with Crippen LogP contribution in [0.3, 0.4) is 0 Å². The van der Waals surface area contributed by atoms with Gasteiger partial charge in [0.1, 0.15) is 11.2 Å². The zero-order chi connectivity index (χ0) is 31.2. The van der Waals surface area contributed by atoms with Gasteiger partial charge in [0.25, 0.3) is 0 Å². The number of para-hydroxylation sites is 1. The molecule has 0 saturated heterocycles. The fourth-order valence-electron chi connectivity index (χ4n) is 6.74. The molecule has 0 aliphatic heterocycles. The van der Waals surface area contributed by atoms with Crippen LogP contribution < -0.4 is 0 Å². The van der Waals surface area contributed by atoms with Crippen molar-refractivity contribution in [3.05, 3.63) is 182 Å². The summed E-state index contributed by atoms with van der Waals surface area (Å²) in [5.41, 5.74) is 13.7. The van der Waals surface area contributed by atoms with E-state index in [1.807, 2.05) is 12.1 Å². The predicted octanol–water partition coefficient (Wildman–Crippen LogP) is 13.1. The highest BCUT2D eigenvalue weighted by molar-refractivity contribution is 6.06. The Morgan fingerprint density at radius 3 is 1.38 bits per heavy atom. The lowest BCUT2D eigenvalue weighted by Gasteiger charge is -2.13.